The minimum atomic E-state index is -2.49. The van der Waals surface area contributed by atoms with Crippen molar-refractivity contribution in [3.05, 3.63) is 99.8 Å². The molecule has 4 aliphatic heterocycles. The first-order valence-corrected chi connectivity index (χ1v) is 19.4. The molecule has 19 nitrogen and oxygen atoms in total. The van der Waals surface area contributed by atoms with Crippen LogP contribution in [0.3, 0.4) is 0 Å². The van der Waals surface area contributed by atoms with Crippen molar-refractivity contribution in [1.82, 2.24) is 16.0 Å². The van der Waals surface area contributed by atoms with Crippen LogP contribution >= 0.6 is 0 Å². The highest BCUT2D eigenvalue weighted by Gasteiger charge is 2.57. The maximum absolute atomic E-state index is 14.7. The highest BCUT2D eigenvalue weighted by Crippen LogP contribution is 2.50. The van der Waals surface area contributed by atoms with Crippen molar-refractivity contribution < 1.29 is 68.8 Å². The van der Waals surface area contributed by atoms with Gasteiger partial charge in [-0.25, -0.2) is 0 Å². The topological polar surface area (TPSA) is 292 Å². The van der Waals surface area contributed by atoms with E-state index in [2.05, 4.69) is 16.0 Å². The molecule has 0 saturated carbocycles. The van der Waals surface area contributed by atoms with Crippen LogP contribution in [0.1, 0.15) is 67.3 Å². The predicted molar refractivity (Wildman–Crippen MR) is 206 cm³/mol. The highest BCUT2D eigenvalue weighted by atomic mass is 16.7. The molecule has 0 radical (unpaired) electrons. The molecule has 0 unspecified atom stereocenters. The smallest absolute Gasteiger partial charge is 0.242 e. The molecule has 5 aliphatic rings. The Kier molecular flexibility index (Phi) is 11.5. The minimum Gasteiger partial charge on any atom is -0.499 e. The number of anilines is 1. The summed E-state index contributed by atoms with van der Waals surface area (Å²) >= 11 is 0. The molecule has 8 rings (SSSR count). The van der Waals surface area contributed by atoms with E-state index in [1.807, 2.05) is 4.90 Å². The number of carbonyl (C=O) groups excluding carboxylic acids is 4. The zero-order valence-corrected chi connectivity index (χ0v) is 32.0. The first kappa shape index (κ1) is 41.4. The van der Waals surface area contributed by atoms with Crippen molar-refractivity contribution in [2.75, 3.05) is 31.4 Å². The number of aldehydes is 1. The molecule has 3 saturated heterocycles. The molecule has 3 aromatic carbocycles. The largest absolute Gasteiger partial charge is 0.499 e. The number of para-hydroxylation sites is 1. The number of carbonyl (C=O) groups is 4. The average molecular weight is 832 g/mol. The molecule has 2 bridgehead atoms. The summed E-state index contributed by atoms with van der Waals surface area (Å²) in [6.07, 6.45) is -7.33. The Labute approximate surface area is 342 Å². The molecule has 3 fully saturated rings. The predicted octanol–water partition coefficient (Wildman–Crippen LogP) is -2.08. The van der Waals surface area contributed by atoms with Crippen LogP contribution < -0.4 is 36.1 Å². The Hall–Kier alpha value is -5.32. The molecule has 1 aliphatic carbocycles. The van der Waals surface area contributed by atoms with Crippen LogP contribution in [0.5, 0.6) is 11.5 Å². The van der Waals surface area contributed by atoms with Crippen molar-refractivity contribution >= 4 is 29.4 Å². The lowest BCUT2D eigenvalue weighted by molar-refractivity contribution is -0.323. The number of ether oxygens (including phenoxy) is 4. The van der Waals surface area contributed by atoms with Crippen LogP contribution in [0.4, 0.5) is 5.69 Å². The van der Waals surface area contributed by atoms with Crippen LogP contribution in [0, 0.1) is 0 Å². The first-order valence-electron chi connectivity index (χ1n) is 19.4. The van der Waals surface area contributed by atoms with Gasteiger partial charge in [0.1, 0.15) is 56.3 Å². The van der Waals surface area contributed by atoms with Gasteiger partial charge in [0, 0.05) is 53.3 Å². The SMILES string of the molecule is N[C@H]1NC(=O)[C@H]2NCN(c3ccccc3[C@@H]3/C=C/OC[C@@H]4O[C@H](Oc5c3cc3c(c5OC[C@H](O)CC=O)C(=O)c5cc(CO)ccc5C3=O)[C@](O)(CCO)[C@H](O)[C@H]4O)[C@H]2N1. The Balaban J connectivity index is 1.39. The first-order chi connectivity index (χ1) is 28.9. The van der Waals surface area contributed by atoms with Gasteiger partial charge < -0.3 is 64.6 Å². The lowest BCUT2D eigenvalue weighted by Gasteiger charge is -2.47. The number of nitrogens with two attached hydrogens (primary N) is 1. The number of benzene rings is 3. The summed E-state index contributed by atoms with van der Waals surface area (Å²) < 4.78 is 24.8. The summed E-state index contributed by atoms with van der Waals surface area (Å²) in [7, 11) is 0. The van der Waals surface area contributed by atoms with Gasteiger partial charge in [-0.05, 0) is 41.5 Å². The van der Waals surface area contributed by atoms with Gasteiger partial charge >= 0.3 is 0 Å². The van der Waals surface area contributed by atoms with Gasteiger partial charge in [0.25, 0.3) is 0 Å². The molecule has 10 atom stereocenters. The van der Waals surface area contributed by atoms with Crippen LogP contribution in [0.15, 0.2) is 60.9 Å². The zero-order chi connectivity index (χ0) is 42.5. The summed E-state index contributed by atoms with van der Waals surface area (Å²) in [5.74, 6) is -3.34. The van der Waals surface area contributed by atoms with Gasteiger partial charge in [-0.2, -0.15) is 0 Å². The van der Waals surface area contributed by atoms with Gasteiger partial charge in [0.05, 0.1) is 31.2 Å². The van der Waals surface area contributed by atoms with E-state index in [-0.39, 0.29) is 59.2 Å². The fourth-order valence-electron chi connectivity index (χ4n) is 8.47. The van der Waals surface area contributed by atoms with Crippen molar-refractivity contribution in [2.45, 2.75) is 80.2 Å². The molecule has 11 N–H and O–H groups in total. The molecular weight excluding hydrogens is 786 g/mol. The molecule has 3 aromatic rings. The number of allylic oxidation sites excluding steroid dienone is 1. The fourth-order valence-corrected chi connectivity index (χ4v) is 8.47. The monoisotopic (exact) mass is 831 g/mol. The van der Waals surface area contributed by atoms with Gasteiger partial charge in [0.2, 0.25) is 12.2 Å². The van der Waals surface area contributed by atoms with Crippen molar-refractivity contribution in [3.8, 4) is 11.5 Å². The summed E-state index contributed by atoms with van der Waals surface area (Å²) in [6.45, 7) is -1.90. The third-order valence-electron chi connectivity index (χ3n) is 11.5. The van der Waals surface area contributed by atoms with Crippen molar-refractivity contribution in [2.24, 2.45) is 5.73 Å². The van der Waals surface area contributed by atoms with Crippen LogP contribution in [-0.2, 0) is 25.7 Å². The molecule has 60 heavy (non-hydrogen) atoms. The van der Waals surface area contributed by atoms with Crippen LogP contribution in [0.2, 0.25) is 0 Å². The van der Waals surface area contributed by atoms with E-state index >= 15 is 0 Å². The number of nitrogens with zero attached hydrogens (tertiary/aromatic N) is 1. The maximum atomic E-state index is 14.7. The van der Waals surface area contributed by atoms with Gasteiger partial charge in [-0.1, -0.05) is 24.3 Å². The molecular formula is C41H45N5O14. The number of hydrogen-bond acceptors (Lipinski definition) is 18. The Morgan fingerprint density at radius 2 is 1.83 bits per heavy atom. The third-order valence-corrected chi connectivity index (χ3v) is 11.5. The standard InChI is InChI=1S/C41H45N5O14/c42-40-44-37-30(38(55)45-40)43-18-46(37)27-4-2-1-3-22(27)21-8-12-57-17-28-33(53)36(54)41(56,9-11-48)39(59-28)60-34-25(21)14-26-29(35(34)58-16-20(50)7-10-47)32(52)24-13-19(15-49)5-6-23(24)31(26)51/h1-6,8,10,12-14,20-21,28,30,33,36-37,39-40,43-44,48-50,53-54,56H,7,9,11,15-18,42H2,(H,45,55)/b12-8+/t20-,21+,28+,30+,33+,36-,37-,39-,40-,41+/m1/s1. The minimum absolute atomic E-state index is 0.0325. The number of aliphatic hydroxyl groups is 6. The van der Waals surface area contributed by atoms with E-state index in [1.54, 1.807) is 30.3 Å². The summed E-state index contributed by atoms with van der Waals surface area (Å²) in [5.41, 5.74) is 4.74. The Morgan fingerprint density at radius 1 is 1.03 bits per heavy atom. The van der Waals surface area contributed by atoms with Gasteiger partial charge in [0.15, 0.2) is 28.7 Å². The average Bonchev–Trinajstić information content (AvgIpc) is 3.65. The molecule has 19 heteroatoms. The van der Waals surface area contributed by atoms with E-state index in [0.29, 0.717) is 23.1 Å². The number of aliphatic hydroxyl groups excluding tert-OH is 5. The second-order valence-corrected chi connectivity index (χ2v) is 15.2. The molecule has 0 aromatic heterocycles. The molecule has 4 heterocycles. The molecule has 0 spiro atoms. The Bertz CT molecular complexity index is 2220. The quantitative estimate of drug-likeness (QED) is 0.0768. The molecule has 318 valence electrons. The highest BCUT2D eigenvalue weighted by molar-refractivity contribution is 6.29. The number of fused-ring (bicyclic) bond motifs is 6. The number of ketones is 2. The summed E-state index contributed by atoms with van der Waals surface area (Å²) in [6, 6.07) is 12.2. The van der Waals surface area contributed by atoms with E-state index in [0.717, 1.165) is 0 Å². The second-order valence-electron chi connectivity index (χ2n) is 15.2. The number of hydrogen-bond donors (Lipinski definition) is 10. The van der Waals surface area contributed by atoms with E-state index in [4.69, 9.17) is 24.7 Å². The van der Waals surface area contributed by atoms with Gasteiger partial charge in [-0.15, -0.1) is 0 Å². The van der Waals surface area contributed by atoms with Crippen LogP contribution in [-0.4, -0.2) is 136 Å². The Morgan fingerprint density at radius 3 is 2.60 bits per heavy atom. The number of rotatable bonds is 10. The van der Waals surface area contributed by atoms with Crippen molar-refractivity contribution in [3.63, 3.8) is 0 Å². The molecule has 1 amide bonds. The van der Waals surface area contributed by atoms with E-state index < -0.39 is 104 Å². The van der Waals surface area contributed by atoms with Crippen LogP contribution in [0.25, 0.3) is 0 Å². The normalized spacial score (nSPS) is 30.6. The summed E-state index contributed by atoms with van der Waals surface area (Å²) in [4.78, 5) is 55.5. The third kappa shape index (κ3) is 7.11. The number of nitrogens with one attached hydrogen (secondary N) is 3. The lowest BCUT2D eigenvalue weighted by atomic mass is 9.79. The van der Waals surface area contributed by atoms with E-state index in [1.165, 1.54) is 30.5 Å². The fraction of sp³-hybridized carbons (Fsp3) is 0.415. The number of amides is 1. The maximum Gasteiger partial charge on any atom is 0.242 e. The lowest BCUT2D eigenvalue weighted by Crippen LogP contribution is -2.70. The second kappa shape index (κ2) is 16.6. The zero-order valence-electron chi connectivity index (χ0n) is 32.0. The summed E-state index contributed by atoms with van der Waals surface area (Å²) in [5, 5.41) is 74.3. The van der Waals surface area contributed by atoms with Crippen molar-refractivity contribution in [1.29, 1.82) is 0 Å². The van der Waals surface area contributed by atoms with E-state index in [9.17, 15) is 49.8 Å². The van der Waals surface area contributed by atoms with Gasteiger partial charge in [-0.3, -0.25) is 30.8 Å².